The minimum Gasteiger partial charge on any atom is -0.497 e. The van der Waals surface area contributed by atoms with Gasteiger partial charge in [0.2, 0.25) is 5.91 Å². The molecule has 4 nitrogen and oxygen atoms in total. The summed E-state index contributed by atoms with van der Waals surface area (Å²) in [6.45, 7) is 1.60. The Morgan fingerprint density at radius 2 is 1.96 bits per heavy atom. The SMILES string of the molecule is COc1ccc(C(Cc2ccc(F)cc2)NC(=O)C2CCNC2)cc1. The monoisotopic (exact) mass is 342 g/mol. The first-order valence-corrected chi connectivity index (χ1v) is 8.55. The molecule has 0 saturated carbocycles. The fourth-order valence-electron chi connectivity index (χ4n) is 3.11. The zero-order chi connectivity index (χ0) is 17.6. The van der Waals surface area contributed by atoms with E-state index in [0.29, 0.717) is 6.42 Å². The summed E-state index contributed by atoms with van der Waals surface area (Å²) in [5.41, 5.74) is 1.98. The van der Waals surface area contributed by atoms with Crippen LogP contribution in [-0.4, -0.2) is 26.1 Å². The van der Waals surface area contributed by atoms with Crippen LogP contribution in [0.5, 0.6) is 5.75 Å². The van der Waals surface area contributed by atoms with Crippen LogP contribution in [-0.2, 0) is 11.2 Å². The Bertz CT molecular complexity index is 695. The average molecular weight is 342 g/mol. The molecular formula is C20H23FN2O2. The molecule has 1 aliphatic heterocycles. The maximum Gasteiger partial charge on any atom is 0.224 e. The summed E-state index contributed by atoms with van der Waals surface area (Å²) in [6.07, 6.45) is 1.47. The lowest BCUT2D eigenvalue weighted by molar-refractivity contribution is -0.125. The maximum absolute atomic E-state index is 13.2. The van der Waals surface area contributed by atoms with Crippen molar-refractivity contribution in [3.05, 3.63) is 65.5 Å². The van der Waals surface area contributed by atoms with Crippen LogP contribution < -0.4 is 15.4 Å². The molecule has 25 heavy (non-hydrogen) atoms. The number of benzene rings is 2. The van der Waals surface area contributed by atoms with Gasteiger partial charge in [-0.05, 0) is 54.8 Å². The fourth-order valence-corrected chi connectivity index (χ4v) is 3.11. The van der Waals surface area contributed by atoms with Crippen molar-refractivity contribution in [3.8, 4) is 5.75 Å². The summed E-state index contributed by atoms with van der Waals surface area (Å²) in [6, 6.07) is 13.9. The van der Waals surface area contributed by atoms with Crippen molar-refractivity contribution in [1.82, 2.24) is 10.6 Å². The molecule has 2 aromatic rings. The van der Waals surface area contributed by atoms with Crippen LogP contribution in [0, 0.1) is 11.7 Å². The molecule has 1 aliphatic rings. The van der Waals surface area contributed by atoms with Gasteiger partial charge in [-0.1, -0.05) is 24.3 Å². The molecule has 1 fully saturated rings. The molecule has 0 aliphatic carbocycles. The Morgan fingerprint density at radius 3 is 2.56 bits per heavy atom. The smallest absolute Gasteiger partial charge is 0.224 e. The van der Waals surface area contributed by atoms with E-state index >= 15 is 0 Å². The first-order valence-electron chi connectivity index (χ1n) is 8.55. The predicted octanol–water partition coefficient (Wildman–Crippen LogP) is 2.84. The van der Waals surface area contributed by atoms with Gasteiger partial charge in [0.1, 0.15) is 11.6 Å². The number of methoxy groups -OCH3 is 1. The number of hydrogen-bond donors (Lipinski definition) is 2. The summed E-state index contributed by atoms with van der Waals surface area (Å²) in [7, 11) is 1.62. The van der Waals surface area contributed by atoms with Gasteiger partial charge >= 0.3 is 0 Å². The van der Waals surface area contributed by atoms with Gasteiger partial charge in [-0.15, -0.1) is 0 Å². The molecule has 1 heterocycles. The summed E-state index contributed by atoms with van der Waals surface area (Å²) in [5, 5.41) is 6.38. The highest BCUT2D eigenvalue weighted by Crippen LogP contribution is 2.23. The summed E-state index contributed by atoms with van der Waals surface area (Å²) >= 11 is 0. The van der Waals surface area contributed by atoms with E-state index in [2.05, 4.69) is 10.6 Å². The zero-order valence-corrected chi connectivity index (χ0v) is 14.3. The topological polar surface area (TPSA) is 50.4 Å². The Morgan fingerprint density at radius 1 is 1.24 bits per heavy atom. The molecule has 2 unspecified atom stereocenters. The van der Waals surface area contributed by atoms with Crippen molar-refractivity contribution in [3.63, 3.8) is 0 Å². The van der Waals surface area contributed by atoms with Crippen molar-refractivity contribution in [1.29, 1.82) is 0 Å². The van der Waals surface area contributed by atoms with E-state index in [4.69, 9.17) is 4.74 Å². The van der Waals surface area contributed by atoms with Crippen LogP contribution in [0.1, 0.15) is 23.6 Å². The normalized spacial score (nSPS) is 17.9. The first kappa shape index (κ1) is 17.4. The molecule has 1 saturated heterocycles. The van der Waals surface area contributed by atoms with Gasteiger partial charge in [-0.3, -0.25) is 4.79 Å². The van der Waals surface area contributed by atoms with Crippen LogP contribution in [0.2, 0.25) is 0 Å². The van der Waals surface area contributed by atoms with Gasteiger partial charge in [0.25, 0.3) is 0 Å². The molecule has 0 radical (unpaired) electrons. The molecule has 5 heteroatoms. The van der Waals surface area contributed by atoms with Gasteiger partial charge in [-0.25, -0.2) is 4.39 Å². The highest BCUT2D eigenvalue weighted by Gasteiger charge is 2.25. The molecule has 1 amide bonds. The third kappa shape index (κ3) is 4.57. The van der Waals surface area contributed by atoms with Gasteiger partial charge in [-0.2, -0.15) is 0 Å². The third-order valence-corrected chi connectivity index (χ3v) is 4.62. The quantitative estimate of drug-likeness (QED) is 0.849. The number of nitrogens with one attached hydrogen (secondary N) is 2. The Kier molecular flexibility index (Phi) is 5.66. The van der Waals surface area contributed by atoms with Crippen LogP contribution >= 0.6 is 0 Å². The Hall–Kier alpha value is -2.40. The first-order chi connectivity index (χ1) is 12.2. The number of carbonyl (C=O) groups is 1. The van der Waals surface area contributed by atoms with E-state index in [1.54, 1.807) is 19.2 Å². The van der Waals surface area contributed by atoms with Crippen molar-refractivity contribution in [2.45, 2.75) is 18.9 Å². The number of ether oxygens (including phenoxy) is 1. The van der Waals surface area contributed by atoms with E-state index < -0.39 is 0 Å². The molecule has 2 aromatic carbocycles. The summed E-state index contributed by atoms with van der Waals surface area (Å²) in [5.74, 6) is 0.586. The Labute approximate surface area is 147 Å². The van der Waals surface area contributed by atoms with Crippen molar-refractivity contribution in [2.24, 2.45) is 5.92 Å². The lowest BCUT2D eigenvalue weighted by atomic mass is 9.97. The van der Waals surface area contributed by atoms with Gasteiger partial charge < -0.3 is 15.4 Å². The van der Waals surface area contributed by atoms with Crippen molar-refractivity contribution < 1.29 is 13.9 Å². The predicted molar refractivity (Wildman–Crippen MR) is 95.0 cm³/mol. The van der Waals surface area contributed by atoms with Crippen LogP contribution in [0.4, 0.5) is 4.39 Å². The lowest BCUT2D eigenvalue weighted by Crippen LogP contribution is -2.35. The van der Waals surface area contributed by atoms with E-state index in [1.165, 1.54) is 12.1 Å². The second-order valence-electron chi connectivity index (χ2n) is 6.35. The number of amides is 1. The maximum atomic E-state index is 13.2. The summed E-state index contributed by atoms with van der Waals surface area (Å²) in [4.78, 5) is 12.6. The summed E-state index contributed by atoms with van der Waals surface area (Å²) < 4.78 is 18.4. The standard InChI is InChI=1S/C20H23FN2O2/c1-25-18-8-4-15(5-9-18)19(12-14-2-6-17(21)7-3-14)23-20(24)16-10-11-22-13-16/h2-9,16,19,22H,10-13H2,1H3,(H,23,24). The van der Waals surface area contributed by atoms with Gasteiger partial charge in [0, 0.05) is 6.54 Å². The number of rotatable bonds is 6. The van der Waals surface area contributed by atoms with E-state index in [9.17, 15) is 9.18 Å². The second kappa shape index (κ2) is 8.12. The Balaban J connectivity index is 1.78. The van der Waals surface area contributed by atoms with E-state index in [-0.39, 0.29) is 23.7 Å². The van der Waals surface area contributed by atoms with Crippen LogP contribution in [0.3, 0.4) is 0 Å². The van der Waals surface area contributed by atoms with Gasteiger partial charge in [0.15, 0.2) is 0 Å². The number of carbonyl (C=O) groups excluding carboxylic acids is 1. The van der Waals surface area contributed by atoms with Gasteiger partial charge in [0.05, 0.1) is 19.1 Å². The molecule has 0 bridgehead atoms. The van der Waals surface area contributed by atoms with E-state index in [0.717, 1.165) is 36.4 Å². The lowest BCUT2D eigenvalue weighted by Gasteiger charge is -2.22. The third-order valence-electron chi connectivity index (χ3n) is 4.62. The van der Waals surface area contributed by atoms with E-state index in [1.807, 2.05) is 24.3 Å². The molecule has 132 valence electrons. The number of hydrogen-bond acceptors (Lipinski definition) is 3. The minimum atomic E-state index is -0.259. The molecular weight excluding hydrogens is 319 g/mol. The van der Waals surface area contributed by atoms with Crippen LogP contribution in [0.25, 0.3) is 0 Å². The molecule has 2 N–H and O–H groups in total. The minimum absolute atomic E-state index is 0.00830. The molecule has 0 aromatic heterocycles. The largest absolute Gasteiger partial charge is 0.497 e. The number of halogens is 1. The van der Waals surface area contributed by atoms with Crippen molar-refractivity contribution in [2.75, 3.05) is 20.2 Å². The molecule has 2 atom stereocenters. The van der Waals surface area contributed by atoms with Crippen LogP contribution in [0.15, 0.2) is 48.5 Å². The molecule has 0 spiro atoms. The average Bonchev–Trinajstić information content (AvgIpc) is 3.18. The van der Waals surface area contributed by atoms with Crippen molar-refractivity contribution >= 4 is 5.91 Å². The molecule has 3 rings (SSSR count). The highest BCUT2D eigenvalue weighted by atomic mass is 19.1. The fraction of sp³-hybridized carbons (Fsp3) is 0.350. The zero-order valence-electron chi connectivity index (χ0n) is 14.3. The highest BCUT2D eigenvalue weighted by molar-refractivity contribution is 5.79. The second-order valence-corrected chi connectivity index (χ2v) is 6.35.